The number of hydrogen-bond donors (Lipinski definition) is 0. The molecule has 0 amide bonds. The molecule has 0 heterocycles. The first-order valence-electron chi connectivity index (χ1n) is 11.2. The quantitative estimate of drug-likeness (QED) is 0.236. The van der Waals surface area contributed by atoms with Gasteiger partial charge in [-0.05, 0) is 72.2 Å². The van der Waals surface area contributed by atoms with Crippen LogP contribution in [0.3, 0.4) is 0 Å². The summed E-state index contributed by atoms with van der Waals surface area (Å²) in [5, 5.41) is 1.09. The third kappa shape index (κ3) is 6.10. The van der Waals surface area contributed by atoms with E-state index in [4.69, 9.17) is 9.47 Å². The van der Waals surface area contributed by atoms with Crippen LogP contribution in [0.25, 0.3) is 21.9 Å². The fraction of sp³-hybridized carbons (Fsp3) is 0.214. The van der Waals surface area contributed by atoms with E-state index in [9.17, 15) is 17.6 Å². The lowest BCUT2D eigenvalue weighted by Gasteiger charge is -2.11. The van der Waals surface area contributed by atoms with Gasteiger partial charge in [-0.25, -0.2) is 8.78 Å². The molecule has 2 nitrogen and oxygen atoms in total. The van der Waals surface area contributed by atoms with Crippen molar-refractivity contribution in [2.75, 3.05) is 13.2 Å². The van der Waals surface area contributed by atoms with Crippen LogP contribution in [0.15, 0.2) is 72.8 Å². The van der Waals surface area contributed by atoms with Crippen LogP contribution in [-0.4, -0.2) is 19.4 Å². The smallest absolute Gasteiger partial charge is 0.422 e. The lowest BCUT2D eigenvalue weighted by Crippen LogP contribution is -2.19. The third-order valence-electron chi connectivity index (χ3n) is 5.61. The van der Waals surface area contributed by atoms with E-state index in [0.717, 1.165) is 5.56 Å². The fourth-order valence-corrected chi connectivity index (χ4v) is 3.88. The lowest BCUT2D eigenvalue weighted by molar-refractivity contribution is -0.153. The van der Waals surface area contributed by atoms with Crippen molar-refractivity contribution in [2.45, 2.75) is 25.9 Å². The molecule has 0 fully saturated rings. The predicted molar refractivity (Wildman–Crippen MR) is 126 cm³/mol. The number of halogens is 5. The van der Waals surface area contributed by atoms with Crippen LogP contribution in [0.5, 0.6) is 11.5 Å². The first-order valence-corrected chi connectivity index (χ1v) is 11.2. The molecule has 0 aliphatic rings. The van der Waals surface area contributed by atoms with Gasteiger partial charge in [0.05, 0.1) is 6.61 Å². The molecule has 7 heteroatoms. The predicted octanol–water partition coefficient (Wildman–Crippen LogP) is 7.91. The summed E-state index contributed by atoms with van der Waals surface area (Å²) in [4.78, 5) is 0. The van der Waals surface area contributed by atoms with Crippen molar-refractivity contribution in [3.63, 3.8) is 0 Å². The number of benzene rings is 4. The summed E-state index contributed by atoms with van der Waals surface area (Å²) in [5.74, 6) is -0.176. The maximum absolute atomic E-state index is 15.2. The van der Waals surface area contributed by atoms with Crippen molar-refractivity contribution < 1.29 is 31.4 Å². The standard InChI is InChI=1S/C28H23F5O2/c1-2-34-23-12-14-24(26(29)16-23)20-9-13-25-21(15-20)8-7-19(27(25)30)6-3-18-4-10-22(11-5-18)35-17-28(31,32)33/h4-5,7-16H,2-3,6,17H2,1H3. The van der Waals surface area contributed by atoms with Gasteiger partial charge < -0.3 is 9.47 Å². The van der Waals surface area contributed by atoms with Crippen LogP contribution in [0, 0.1) is 11.6 Å². The van der Waals surface area contributed by atoms with Gasteiger partial charge in [0.25, 0.3) is 0 Å². The van der Waals surface area contributed by atoms with E-state index in [1.54, 1.807) is 54.6 Å². The first kappa shape index (κ1) is 24.5. The molecule has 0 saturated carbocycles. The minimum Gasteiger partial charge on any atom is -0.494 e. The van der Waals surface area contributed by atoms with Crippen LogP contribution in [-0.2, 0) is 12.8 Å². The molecular formula is C28H23F5O2. The highest BCUT2D eigenvalue weighted by atomic mass is 19.4. The molecule has 182 valence electrons. The summed E-state index contributed by atoms with van der Waals surface area (Å²) < 4.78 is 76.6. The molecule has 4 aromatic rings. The van der Waals surface area contributed by atoms with Gasteiger partial charge in [0.1, 0.15) is 23.1 Å². The van der Waals surface area contributed by atoms with E-state index < -0.39 is 18.6 Å². The second-order valence-electron chi connectivity index (χ2n) is 8.10. The number of rotatable bonds is 8. The van der Waals surface area contributed by atoms with Crippen molar-refractivity contribution in [1.29, 1.82) is 0 Å². The summed E-state index contributed by atoms with van der Waals surface area (Å²) in [7, 11) is 0. The molecule has 0 saturated heterocycles. The van der Waals surface area contributed by atoms with Crippen molar-refractivity contribution in [2.24, 2.45) is 0 Å². The molecule has 0 aromatic heterocycles. The molecule has 0 spiro atoms. The van der Waals surface area contributed by atoms with Gasteiger partial charge in [0, 0.05) is 17.0 Å². The zero-order valence-electron chi connectivity index (χ0n) is 19.0. The van der Waals surface area contributed by atoms with Gasteiger partial charge >= 0.3 is 6.18 Å². The van der Waals surface area contributed by atoms with Gasteiger partial charge in [0.15, 0.2) is 6.61 Å². The Morgan fingerprint density at radius 1 is 0.743 bits per heavy atom. The monoisotopic (exact) mass is 486 g/mol. The summed E-state index contributed by atoms with van der Waals surface area (Å²) in [6, 6.07) is 19.6. The molecule has 0 aliphatic heterocycles. The summed E-state index contributed by atoms with van der Waals surface area (Å²) in [6.07, 6.45) is -3.47. The highest BCUT2D eigenvalue weighted by Crippen LogP contribution is 2.31. The highest BCUT2D eigenvalue weighted by molar-refractivity contribution is 5.88. The Kier molecular flexibility index (Phi) is 7.24. The van der Waals surface area contributed by atoms with E-state index in [1.807, 2.05) is 6.92 Å². The molecule has 0 atom stereocenters. The number of fused-ring (bicyclic) bond motifs is 1. The molecule has 4 rings (SSSR count). The third-order valence-corrected chi connectivity index (χ3v) is 5.61. The van der Waals surface area contributed by atoms with Gasteiger partial charge in [-0.1, -0.05) is 36.4 Å². The van der Waals surface area contributed by atoms with Crippen LogP contribution in [0.4, 0.5) is 22.0 Å². The Morgan fingerprint density at radius 2 is 1.49 bits per heavy atom. The minimum atomic E-state index is -4.39. The summed E-state index contributed by atoms with van der Waals surface area (Å²) >= 11 is 0. The number of hydrogen-bond acceptors (Lipinski definition) is 2. The van der Waals surface area contributed by atoms with Crippen LogP contribution in [0.2, 0.25) is 0 Å². The highest BCUT2D eigenvalue weighted by Gasteiger charge is 2.28. The van der Waals surface area contributed by atoms with E-state index in [0.29, 0.717) is 52.7 Å². The van der Waals surface area contributed by atoms with Gasteiger partial charge in [0.2, 0.25) is 0 Å². The van der Waals surface area contributed by atoms with Crippen molar-refractivity contribution in [1.82, 2.24) is 0 Å². The normalized spacial score (nSPS) is 11.6. The topological polar surface area (TPSA) is 18.5 Å². The number of alkyl halides is 3. The van der Waals surface area contributed by atoms with Crippen molar-refractivity contribution in [3.8, 4) is 22.6 Å². The lowest BCUT2D eigenvalue weighted by atomic mass is 9.97. The van der Waals surface area contributed by atoms with Crippen LogP contribution < -0.4 is 9.47 Å². The summed E-state index contributed by atoms with van der Waals surface area (Å²) in [6.45, 7) is 0.922. The molecule has 0 radical (unpaired) electrons. The van der Waals surface area contributed by atoms with Crippen molar-refractivity contribution in [3.05, 3.63) is 95.6 Å². The zero-order chi connectivity index (χ0) is 25.0. The van der Waals surface area contributed by atoms with Crippen LogP contribution >= 0.6 is 0 Å². The average molecular weight is 486 g/mol. The summed E-state index contributed by atoms with van der Waals surface area (Å²) in [5.41, 5.74) is 2.42. The van der Waals surface area contributed by atoms with E-state index in [2.05, 4.69) is 0 Å². The molecule has 0 aliphatic carbocycles. The second kappa shape index (κ2) is 10.3. The average Bonchev–Trinajstić information content (AvgIpc) is 2.83. The fourth-order valence-electron chi connectivity index (χ4n) is 3.88. The van der Waals surface area contributed by atoms with Crippen molar-refractivity contribution >= 4 is 10.8 Å². The second-order valence-corrected chi connectivity index (χ2v) is 8.10. The van der Waals surface area contributed by atoms with E-state index in [-0.39, 0.29) is 11.6 Å². The molecular weight excluding hydrogens is 463 g/mol. The Bertz CT molecular complexity index is 1310. The van der Waals surface area contributed by atoms with E-state index >= 15 is 4.39 Å². The molecule has 35 heavy (non-hydrogen) atoms. The number of aryl methyl sites for hydroxylation is 2. The Morgan fingerprint density at radius 3 is 2.17 bits per heavy atom. The molecule has 0 unspecified atom stereocenters. The Hall–Kier alpha value is -3.61. The van der Waals surface area contributed by atoms with Gasteiger partial charge in [-0.3, -0.25) is 0 Å². The van der Waals surface area contributed by atoms with Gasteiger partial charge in [-0.2, -0.15) is 13.2 Å². The van der Waals surface area contributed by atoms with Crippen LogP contribution in [0.1, 0.15) is 18.1 Å². The maximum Gasteiger partial charge on any atom is 0.422 e. The first-order chi connectivity index (χ1) is 16.7. The number of ether oxygens (including phenoxy) is 2. The molecule has 0 bridgehead atoms. The minimum absolute atomic E-state index is 0.128. The Balaban J connectivity index is 1.47. The van der Waals surface area contributed by atoms with Gasteiger partial charge in [-0.15, -0.1) is 0 Å². The largest absolute Gasteiger partial charge is 0.494 e. The molecule has 4 aromatic carbocycles. The maximum atomic E-state index is 15.2. The SMILES string of the molecule is CCOc1ccc(-c2ccc3c(F)c(CCc4ccc(OCC(F)(F)F)cc4)ccc3c2)c(F)c1. The Labute approximate surface area is 199 Å². The molecule has 0 N–H and O–H groups in total. The van der Waals surface area contributed by atoms with E-state index in [1.165, 1.54) is 18.2 Å². The zero-order valence-corrected chi connectivity index (χ0v) is 19.0.